The summed E-state index contributed by atoms with van der Waals surface area (Å²) < 4.78 is 60.2. The molecule has 0 aliphatic heterocycles. The van der Waals surface area contributed by atoms with Crippen molar-refractivity contribution < 1.29 is 22.3 Å². The molecule has 1 fully saturated rings. The van der Waals surface area contributed by atoms with Crippen molar-refractivity contribution in [2.24, 2.45) is 5.92 Å². The third-order valence-corrected chi connectivity index (χ3v) is 6.35. The van der Waals surface area contributed by atoms with Gasteiger partial charge in [-0.3, -0.25) is 0 Å². The first-order chi connectivity index (χ1) is 14.4. The lowest BCUT2D eigenvalue weighted by Gasteiger charge is -2.26. The van der Waals surface area contributed by atoms with E-state index in [0.29, 0.717) is 30.7 Å². The van der Waals surface area contributed by atoms with Gasteiger partial charge in [-0.15, -0.1) is 0 Å². The second-order valence-corrected chi connectivity index (χ2v) is 8.48. The zero-order chi connectivity index (χ0) is 21.7. The van der Waals surface area contributed by atoms with E-state index >= 15 is 0 Å². The molecule has 0 spiro atoms. The number of hydrogen-bond donors (Lipinski definition) is 0. The lowest BCUT2D eigenvalue weighted by atomic mass is 9.79. The van der Waals surface area contributed by atoms with E-state index < -0.39 is 17.8 Å². The summed E-state index contributed by atoms with van der Waals surface area (Å²) in [5.74, 6) is -0.248. The van der Waals surface area contributed by atoms with Crippen LogP contribution in [0.1, 0.15) is 80.0 Å². The summed E-state index contributed by atoms with van der Waals surface area (Å²) in [7, 11) is 1.26. The van der Waals surface area contributed by atoms with Crippen LogP contribution in [-0.2, 0) is 12.8 Å². The van der Waals surface area contributed by atoms with E-state index in [9.17, 15) is 17.6 Å². The summed E-state index contributed by atoms with van der Waals surface area (Å²) in [6.07, 6.45) is 3.86. The lowest BCUT2D eigenvalue weighted by Crippen LogP contribution is -2.12. The quantitative estimate of drug-likeness (QED) is 0.312. The topological polar surface area (TPSA) is 9.23 Å². The molecule has 0 heterocycles. The van der Waals surface area contributed by atoms with E-state index in [2.05, 4.69) is 6.92 Å². The van der Waals surface area contributed by atoms with E-state index in [4.69, 9.17) is 4.74 Å². The van der Waals surface area contributed by atoms with Crippen molar-refractivity contribution in [3.05, 3.63) is 64.2 Å². The van der Waals surface area contributed by atoms with Crippen molar-refractivity contribution in [2.75, 3.05) is 7.11 Å². The fourth-order valence-electron chi connectivity index (χ4n) is 4.50. The molecule has 1 aliphatic rings. The first-order valence-corrected chi connectivity index (χ1v) is 10.8. The van der Waals surface area contributed by atoms with Crippen LogP contribution in [0.5, 0.6) is 5.75 Å². The van der Waals surface area contributed by atoms with Crippen molar-refractivity contribution >= 4 is 0 Å². The molecule has 0 bridgehead atoms. The van der Waals surface area contributed by atoms with Crippen molar-refractivity contribution in [3.8, 4) is 5.75 Å². The van der Waals surface area contributed by atoms with Gasteiger partial charge in [0.05, 0.1) is 12.7 Å². The molecule has 0 N–H and O–H groups in total. The molecule has 1 aliphatic carbocycles. The zero-order valence-corrected chi connectivity index (χ0v) is 17.7. The molecule has 3 rings (SSSR count). The monoisotopic (exact) mass is 422 g/mol. The van der Waals surface area contributed by atoms with Crippen LogP contribution in [0.15, 0.2) is 30.3 Å². The van der Waals surface area contributed by atoms with E-state index in [-0.39, 0.29) is 11.6 Å². The van der Waals surface area contributed by atoms with Gasteiger partial charge in [-0.2, -0.15) is 0 Å². The molecule has 2 aromatic rings. The van der Waals surface area contributed by atoms with Crippen LogP contribution in [0.3, 0.4) is 0 Å². The molecule has 164 valence electrons. The second-order valence-electron chi connectivity index (χ2n) is 8.48. The molecule has 0 saturated heterocycles. The van der Waals surface area contributed by atoms with Crippen LogP contribution in [0.4, 0.5) is 17.6 Å². The van der Waals surface area contributed by atoms with Crippen molar-refractivity contribution in [1.82, 2.24) is 0 Å². The van der Waals surface area contributed by atoms with E-state index in [1.165, 1.54) is 19.2 Å². The highest BCUT2D eigenvalue weighted by atomic mass is 19.3. The van der Waals surface area contributed by atoms with E-state index in [1.807, 2.05) is 12.1 Å². The Bertz CT molecular complexity index is 841. The average molecular weight is 423 g/mol. The normalized spacial score (nSPS) is 19.3. The van der Waals surface area contributed by atoms with Gasteiger partial charge < -0.3 is 4.74 Å². The maximum Gasteiger partial charge on any atom is 0.267 e. The first-order valence-electron chi connectivity index (χ1n) is 10.8. The molecule has 1 nitrogen and oxygen atoms in total. The Kier molecular flexibility index (Phi) is 7.79. The number of alkyl halides is 2. The highest BCUT2D eigenvalue weighted by Crippen LogP contribution is 2.37. The van der Waals surface area contributed by atoms with Gasteiger partial charge in [0, 0.05) is 0 Å². The molecular weight excluding hydrogens is 392 g/mol. The molecule has 2 aromatic carbocycles. The predicted molar refractivity (Wildman–Crippen MR) is 111 cm³/mol. The summed E-state index contributed by atoms with van der Waals surface area (Å²) in [6.45, 7) is 2.25. The van der Waals surface area contributed by atoms with Gasteiger partial charge in [0.2, 0.25) is 0 Å². The summed E-state index contributed by atoms with van der Waals surface area (Å²) in [5.41, 5.74) is 1.46. The molecular formula is C25H30F4O. The maximum atomic E-state index is 14.6. The minimum atomic E-state index is -2.89. The molecule has 0 radical (unpaired) electrons. The Labute approximate surface area is 176 Å². The Hall–Kier alpha value is -2.04. The Morgan fingerprint density at radius 2 is 1.67 bits per heavy atom. The van der Waals surface area contributed by atoms with Crippen molar-refractivity contribution in [3.63, 3.8) is 0 Å². The average Bonchev–Trinajstić information content (AvgIpc) is 2.72. The number of halogens is 4. The van der Waals surface area contributed by atoms with Crippen molar-refractivity contribution in [1.29, 1.82) is 0 Å². The molecule has 0 unspecified atom stereocenters. The number of benzene rings is 2. The Morgan fingerprint density at radius 3 is 2.30 bits per heavy atom. The number of rotatable bonds is 8. The molecule has 1 saturated carbocycles. The first kappa shape index (κ1) is 22.6. The van der Waals surface area contributed by atoms with Gasteiger partial charge >= 0.3 is 0 Å². The third kappa shape index (κ3) is 5.35. The molecule has 0 atom stereocenters. The molecule has 0 aromatic heterocycles. The summed E-state index contributed by atoms with van der Waals surface area (Å²) in [6, 6.07) is 8.40. The summed E-state index contributed by atoms with van der Waals surface area (Å²) in [4.78, 5) is 0. The van der Waals surface area contributed by atoms with Gasteiger partial charge in [-0.1, -0.05) is 38.0 Å². The van der Waals surface area contributed by atoms with Gasteiger partial charge in [0.25, 0.3) is 6.43 Å². The minimum absolute atomic E-state index is 0.135. The number of unbranched alkanes of at least 4 members (excludes halogenated alkanes) is 1. The molecule has 0 amide bonds. The highest BCUT2D eigenvalue weighted by Gasteiger charge is 2.23. The number of ether oxygens (including phenoxy) is 1. The number of methoxy groups -OCH3 is 1. The van der Waals surface area contributed by atoms with Crippen LogP contribution < -0.4 is 4.74 Å². The number of aryl methyl sites for hydroxylation is 2. The lowest BCUT2D eigenvalue weighted by molar-refractivity contribution is 0.144. The smallest absolute Gasteiger partial charge is 0.267 e. The SMILES string of the molecule is COc1ccc(CCCCc2ccc(C3CCC(C)CC3)c(F)c2)c(C(F)F)c1F. The number of hydrogen-bond acceptors (Lipinski definition) is 1. The summed E-state index contributed by atoms with van der Waals surface area (Å²) in [5, 5.41) is 0. The third-order valence-electron chi connectivity index (χ3n) is 6.35. The molecule has 30 heavy (non-hydrogen) atoms. The minimum Gasteiger partial charge on any atom is -0.494 e. The zero-order valence-electron chi connectivity index (χ0n) is 17.7. The predicted octanol–water partition coefficient (Wildman–Crippen LogP) is 7.77. The van der Waals surface area contributed by atoms with Gasteiger partial charge in [-0.25, -0.2) is 17.6 Å². The Morgan fingerprint density at radius 1 is 0.967 bits per heavy atom. The van der Waals surface area contributed by atoms with Crippen LogP contribution in [-0.4, -0.2) is 7.11 Å². The fraction of sp³-hybridized carbons (Fsp3) is 0.520. The van der Waals surface area contributed by atoms with E-state index in [1.54, 1.807) is 6.07 Å². The van der Waals surface area contributed by atoms with Gasteiger partial charge in [-0.05, 0) is 79.2 Å². The van der Waals surface area contributed by atoms with Crippen LogP contribution >= 0.6 is 0 Å². The summed E-state index contributed by atoms with van der Waals surface area (Å²) >= 11 is 0. The van der Waals surface area contributed by atoms with Crippen LogP contribution in [0.25, 0.3) is 0 Å². The fourth-order valence-corrected chi connectivity index (χ4v) is 4.50. The highest BCUT2D eigenvalue weighted by molar-refractivity contribution is 5.38. The van der Waals surface area contributed by atoms with Gasteiger partial charge in [0.1, 0.15) is 5.82 Å². The van der Waals surface area contributed by atoms with Crippen LogP contribution in [0, 0.1) is 17.6 Å². The molecule has 5 heteroatoms. The van der Waals surface area contributed by atoms with Gasteiger partial charge in [0.15, 0.2) is 11.6 Å². The van der Waals surface area contributed by atoms with E-state index in [0.717, 1.165) is 49.1 Å². The Balaban J connectivity index is 1.56. The second kappa shape index (κ2) is 10.3. The standard InChI is InChI=1S/C25H30F4O/c1-16-7-10-18(11-8-16)20-13-9-17(15-21(20)26)5-3-4-6-19-12-14-22(30-2)24(27)23(19)25(28)29/h9,12-16,18,25H,3-8,10-11H2,1-2H3. The maximum absolute atomic E-state index is 14.6. The largest absolute Gasteiger partial charge is 0.494 e. The van der Waals surface area contributed by atoms with Crippen LogP contribution in [0.2, 0.25) is 0 Å². The van der Waals surface area contributed by atoms with Crippen molar-refractivity contribution in [2.45, 2.75) is 70.6 Å².